The number of amides is 2. The molecule has 0 saturated carbocycles. The molecule has 2 heterocycles. The Labute approximate surface area is 198 Å². The molecule has 7 nitrogen and oxygen atoms in total. The maximum Gasteiger partial charge on any atom is 0.247 e. The molecule has 182 valence electrons. The second kappa shape index (κ2) is 9.58. The van der Waals surface area contributed by atoms with Crippen molar-refractivity contribution in [3.63, 3.8) is 0 Å². The van der Waals surface area contributed by atoms with Crippen LogP contribution in [-0.2, 0) is 16.0 Å². The van der Waals surface area contributed by atoms with Crippen LogP contribution in [-0.4, -0.2) is 74.0 Å². The van der Waals surface area contributed by atoms with Crippen LogP contribution < -0.4 is 15.5 Å². The molecule has 2 amide bonds. The third-order valence-corrected chi connectivity index (χ3v) is 6.42. The number of hydrogen-bond donors (Lipinski definition) is 2. The first-order valence-electron chi connectivity index (χ1n) is 11.5. The number of halogens is 2. The van der Waals surface area contributed by atoms with Crippen LogP contribution in [0, 0.1) is 18.6 Å². The van der Waals surface area contributed by atoms with Gasteiger partial charge in [0.2, 0.25) is 11.8 Å². The molecule has 1 saturated heterocycles. The second-order valence-corrected chi connectivity index (χ2v) is 9.43. The number of nitrogens with zero attached hydrogens (tertiary/aromatic N) is 3. The van der Waals surface area contributed by atoms with Gasteiger partial charge in [-0.1, -0.05) is 6.07 Å². The van der Waals surface area contributed by atoms with Crippen LogP contribution in [0.1, 0.15) is 18.1 Å². The molecule has 2 N–H and O–H groups in total. The van der Waals surface area contributed by atoms with Crippen molar-refractivity contribution in [1.82, 2.24) is 9.80 Å². The van der Waals surface area contributed by atoms with Gasteiger partial charge in [-0.3, -0.25) is 9.59 Å². The van der Waals surface area contributed by atoms with Gasteiger partial charge in [-0.25, -0.2) is 8.78 Å². The zero-order valence-electron chi connectivity index (χ0n) is 20.0. The number of carbonyl (C=O) groups excluding carboxylic acids is 2. The van der Waals surface area contributed by atoms with E-state index in [-0.39, 0.29) is 30.1 Å². The molecule has 0 aromatic heterocycles. The molecule has 34 heavy (non-hydrogen) atoms. The summed E-state index contributed by atoms with van der Waals surface area (Å²) in [6.45, 7) is 5.86. The summed E-state index contributed by atoms with van der Waals surface area (Å²) in [6, 6.07) is 6.86. The van der Waals surface area contributed by atoms with Crippen molar-refractivity contribution in [2.24, 2.45) is 0 Å². The van der Waals surface area contributed by atoms with Crippen LogP contribution in [0.15, 0.2) is 30.3 Å². The fourth-order valence-electron chi connectivity index (χ4n) is 4.71. The normalized spacial score (nSPS) is 19.7. The van der Waals surface area contributed by atoms with E-state index in [1.54, 1.807) is 12.1 Å². The van der Waals surface area contributed by atoms with Gasteiger partial charge >= 0.3 is 0 Å². The third-order valence-electron chi connectivity index (χ3n) is 6.42. The van der Waals surface area contributed by atoms with Crippen molar-refractivity contribution < 1.29 is 18.4 Å². The summed E-state index contributed by atoms with van der Waals surface area (Å²) in [5.74, 6) is -1.08. The van der Waals surface area contributed by atoms with E-state index in [1.165, 1.54) is 18.2 Å². The molecule has 2 aliphatic rings. The number of benzene rings is 2. The Bertz CT molecular complexity index is 1080. The molecule has 2 unspecified atom stereocenters. The maximum absolute atomic E-state index is 14.5. The SMILES string of the molecule is Cc1ccc(F)c2c1NC(C(=O)Nc1cc(F)cc(N3CCN(C(=O)CN(C)C)C(C)C3)c1)C2. The molecule has 0 aliphatic carbocycles. The quantitative estimate of drug-likeness (QED) is 0.702. The monoisotopic (exact) mass is 471 g/mol. The van der Waals surface area contributed by atoms with Crippen molar-refractivity contribution in [1.29, 1.82) is 0 Å². The van der Waals surface area contributed by atoms with E-state index in [4.69, 9.17) is 0 Å². The molecule has 9 heteroatoms. The minimum atomic E-state index is -0.636. The lowest BCUT2D eigenvalue weighted by Gasteiger charge is -2.41. The third kappa shape index (κ3) is 4.99. The van der Waals surface area contributed by atoms with Crippen LogP contribution in [0.4, 0.5) is 25.8 Å². The first-order valence-corrected chi connectivity index (χ1v) is 11.5. The van der Waals surface area contributed by atoms with Crippen LogP contribution in [0.25, 0.3) is 0 Å². The highest BCUT2D eigenvalue weighted by atomic mass is 19.1. The van der Waals surface area contributed by atoms with Gasteiger partial charge in [-0.05, 0) is 57.8 Å². The average molecular weight is 472 g/mol. The van der Waals surface area contributed by atoms with Crippen molar-refractivity contribution >= 4 is 28.9 Å². The van der Waals surface area contributed by atoms with E-state index in [0.717, 1.165) is 5.56 Å². The molecule has 2 aromatic carbocycles. The summed E-state index contributed by atoms with van der Waals surface area (Å²) in [7, 11) is 3.72. The number of piperazine rings is 1. The topological polar surface area (TPSA) is 67.9 Å². The summed E-state index contributed by atoms with van der Waals surface area (Å²) >= 11 is 0. The number of carbonyl (C=O) groups is 2. The van der Waals surface area contributed by atoms with Crippen molar-refractivity contribution in [3.8, 4) is 0 Å². The van der Waals surface area contributed by atoms with E-state index in [1.807, 2.05) is 42.6 Å². The molecule has 4 rings (SSSR count). The molecule has 1 fully saturated rings. The van der Waals surface area contributed by atoms with Gasteiger partial charge < -0.3 is 25.3 Å². The Kier molecular flexibility index (Phi) is 6.74. The lowest BCUT2D eigenvalue weighted by Crippen LogP contribution is -2.55. The number of rotatable bonds is 5. The first-order chi connectivity index (χ1) is 16.1. The predicted octanol–water partition coefficient (Wildman–Crippen LogP) is 2.85. The van der Waals surface area contributed by atoms with Gasteiger partial charge in [-0.15, -0.1) is 0 Å². The zero-order valence-corrected chi connectivity index (χ0v) is 20.0. The molecular formula is C25H31F2N5O2. The standard InChI is InChI=1S/C25H31F2N5O2/c1-15-5-6-21(27)20-12-22(29-24(15)20)25(34)28-18-9-17(26)10-19(11-18)31-7-8-32(16(2)13-31)23(33)14-30(3)4/h5-6,9-11,16,22,29H,7-8,12-14H2,1-4H3,(H,28,34). The summed E-state index contributed by atoms with van der Waals surface area (Å²) in [6.07, 6.45) is 0.233. The van der Waals surface area contributed by atoms with E-state index in [9.17, 15) is 18.4 Å². The Morgan fingerprint density at radius 1 is 1.18 bits per heavy atom. The minimum Gasteiger partial charge on any atom is -0.373 e. The Hall–Kier alpha value is -3.20. The molecule has 2 aromatic rings. The highest BCUT2D eigenvalue weighted by Gasteiger charge is 2.31. The largest absolute Gasteiger partial charge is 0.373 e. The number of nitrogens with one attached hydrogen (secondary N) is 2. The number of likely N-dealkylation sites (N-methyl/N-ethyl adjacent to an activating group) is 1. The van der Waals surface area contributed by atoms with Crippen LogP contribution in [0.5, 0.6) is 0 Å². The van der Waals surface area contributed by atoms with Gasteiger partial charge in [0.15, 0.2) is 0 Å². The molecule has 0 bridgehead atoms. The molecule has 2 aliphatic heterocycles. The predicted molar refractivity (Wildman–Crippen MR) is 129 cm³/mol. The molecule has 0 radical (unpaired) electrons. The second-order valence-electron chi connectivity index (χ2n) is 9.43. The molecule has 2 atom stereocenters. The number of anilines is 3. The van der Waals surface area contributed by atoms with Crippen LogP contribution in [0.2, 0.25) is 0 Å². The highest BCUT2D eigenvalue weighted by Crippen LogP contribution is 2.32. The highest BCUT2D eigenvalue weighted by molar-refractivity contribution is 5.98. The summed E-state index contributed by atoms with van der Waals surface area (Å²) < 4.78 is 28.6. The van der Waals surface area contributed by atoms with Crippen LogP contribution in [0.3, 0.4) is 0 Å². The van der Waals surface area contributed by atoms with Gasteiger partial charge in [0.25, 0.3) is 0 Å². The average Bonchev–Trinajstić information content (AvgIpc) is 3.22. The van der Waals surface area contributed by atoms with Crippen molar-refractivity contribution in [2.75, 3.05) is 55.8 Å². The first kappa shape index (κ1) is 23.9. The van der Waals surface area contributed by atoms with Gasteiger partial charge in [-0.2, -0.15) is 0 Å². The van der Waals surface area contributed by atoms with Gasteiger partial charge in [0, 0.05) is 54.7 Å². The summed E-state index contributed by atoms with van der Waals surface area (Å²) in [4.78, 5) is 31.1. The Morgan fingerprint density at radius 3 is 2.62 bits per heavy atom. The van der Waals surface area contributed by atoms with E-state index in [0.29, 0.717) is 48.8 Å². The lowest BCUT2D eigenvalue weighted by molar-refractivity contribution is -0.134. The molecule has 0 spiro atoms. The van der Waals surface area contributed by atoms with Crippen LogP contribution >= 0.6 is 0 Å². The minimum absolute atomic E-state index is 0.0261. The number of fused-ring (bicyclic) bond motifs is 1. The lowest BCUT2D eigenvalue weighted by atomic mass is 10.1. The Balaban J connectivity index is 1.43. The zero-order chi connectivity index (χ0) is 24.6. The summed E-state index contributed by atoms with van der Waals surface area (Å²) in [5.41, 5.74) is 3.00. The smallest absolute Gasteiger partial charge is 0.247 e. The maximum atomic E-state index is 14.5. The molecular weight excluding hydrogens is 440 g/mol. The summed E-state index contributed by atoms with van der Waals surface area (Å²) in [5, 5.41) is 5.87. The van der Waals surface area contributed by atoms with Crippen molar-refractivity contribution in [2.45, 2.75) is 32.4 Å². The van der Waals surface area contributed by atoms with Crippen molar-refractivity contribution in [3.05, 3.63) is 53.1 Å². The Morgan fingerprint density at radius 2 is 1.94 bits per heavy atom. The van der Waals surface area contributed by atoms with E-state index >= 15 is 0 Å². The van der Waals surface area contributed by atoms with E-state index < -0.39 is 11.9 Å². The fraction of sp³-hybridized carbons (Fsp3) is 0.440. The van der Waals surface area contributed by atoms with Gasteiger partial charge in [0.05, 0.1) is 6.54 Å². The fourth-order valence-corrected chi connectivity index (χ4v) is 4.71. The number of aryl methyl sites for hydroxylation is 1. The number of hydrogen-bond acceptors (Lipinski definition) is 5. The van der Waals surface area contributed by atoms with E-state index in [2.05, 4.69) is 10.6 Å². The van der Waals surface area contributed by atoms with Gasteiger partial charge in [0.1, 0.15) is 17.7 Å².